The zero-order chi connectivity index (χ0) is 15.7. The van der Waals surface area contributed by atoms with Crippen molar-refractivity contribution in [3.63, 3.8) is 0 Å². The quantitative estimate of drug-likeness (QED) is 0.797. The molecule has 0 saturated carbocycles. The van der Waals surface area contributed by atoms with Crippen LogP contribution in [0.15, 0.2) is 52.9 Å². The molecule has 0 spiro atoms. The van der Waals surface area contributed by atoms with Crippen molar-refractivity contribution in [1.29, 1.82) is 0 Å². The summed E-state index contributed by atoms with van der Waals surface area (Å²) in [6.45, 7) is 3.26. The highest BCUT2D eigenvalue weighted by Gasteiger charge is 2.16. The number of hydrogen-bond acceptors (Lipinski definition) is 4. The monoisotopic (exact) mass is 316 g/mol. The van der Waals surface area contributed by atoms with Crippen LogP contribution in [-0.4, -0.2) is 18.7 Å². The van der Waals surface area contributed by atoms with Gasteiger partial charge in [-0.25, -0.2) is 13.4 Å². The molecule has 22 heavy (non-hydrogen) atoms. The summed E-state index contributed by atoms with van der Waals surface area (Å²) in [5.74, 6) is 0.513. The molecule has 0 unspecified atom stereocenters. The van der Waals surface area contributed by atoms with E-state index in [2.05, 4.69) is 9.71 Å². The predicted molar refractivity (Wildman–Crippen MR) is 87.1 cm³/mol. The van der Waals surface area contributed by atoms with Gasteiger partial charge in [0.05, 0.1) is 10.9 Å². The summed E-state index contributed by atoms with van der Waals surface area (Å²) in [4.78, 5) is 4.42. The molecule has 0 aliphatic carbocycles. The molecule has 0 bridgehead atoms. The number of sulfonamides is 1. The number of aromatic nitrogens is 1. The van der Waals surface area contributed by atoms with Crippen LogP contribution in [0.3, 0.4) is 0 Å². The normalized spacial score (nSPS) is 12.0. The van der Waals surface area contributed by atoms with Crippen molar-refractivity contribution >= 4 is 26.8 Å². The smallest absolute Gasteiger partial charge is 0.235 e. The predicted octanol–water partition coefficient (Wildman–Crippen LogP) is 3.64. The number of nitrogens with one attached hydrogen (secondary N) is 1. The zero-order valence-corrected chi connectivity index (χ0v) is 13.1. The minimum Gasteiger partial charge on any atom is -0.436 e. The Balaban J connectivity index is 1.98. The number of nitrogens with zero attached hydrogens (tertiary/aromatic N) is 1. The standard InChI is InChI=1S/C16H16N2O3S/c1-11(2)22(19,20)18-13-8-9-15-14(10-13)17-16(21-15)12-6-4-3-5-7-12/h3-11,18H,1-2H3. The van der Waals surface area contributed by atoms with Gasteiger partial charge in [-0.2, -0.15) is 0 Å². The molecule has 0 saturated heterocycles. The molecular formula is C16H16N2O3S. The van der Waals surface area contributed by atoms with E-state index in [1.807, 2.05) is 30.3 Å². The van der Waals surface area contributed by atoms with Crippen LogP contribution in [0, 0.1) is 0 Å². The summed E-state index contributed by atoms with van der Waals surface area (Å²) >= 11 is 0. The van der Waals surface area contributed by atoms with Crippen molar-refractivity contribution in [2.45, 2.75) is 19.1 Å². The third kappa shape index (κ3) is 2.82. The van der Waals surface area contributed by atoms with E-state index in [-0.39, 0.29) is 0 Å². The fourth-order valence-corrected chi connectivity index (χ4v) is 2.67. The van der Waals surface area contributed by atoms with Crippen molar-refractivity contribution in [2.75, 3.05) is 4.72 Å². The summed E-state index contributed by atoms with van der Waals surface area (Å²) in [5.41, 5.74) is 2.59. The average Bonchev–Trinajstić information content (AvgIpc) is 2.91. The SMILES string of the molecule is CC(C)S(=O)(=O)Nc1ccc2oc(-c3ccccc3)nc2c1. The second-order valence-electron chi connectivity index (χ2n) is 5.26. The molecule has 1 aromatic heterocycles. The van der Waals surface area contributed by atoms with Crippen LogP contribution in [0.1, 0.15) is 13.8 Å². The van der Waals surface area contributed by atoms with Crippen LogP contribution in [-0.2, 0) is 10.0 Å². The van der Waals surface area contributed by atoms with Gasteiger partial charge in [0.2, 0.25) is 15.9 Å². The van der Waals surface area contributed by atoms with Gasteiger partial charge in [0.15, 0.2) is 5.58 Å². The summed E-state index contributed by atoms with van der Waals surface area (Å²) < 4.78 is 32.1. The van der Waals surface area contributed by atoms with Gasteiger partial charge in [0, 0.05) is 5.56 Å². The zero-order valence-electron chi connectivity index (χ0n) is 12.3. The van der Waals surface area contributed by atoms with Gasteiger partial charge in [0.1, 0.15) is 5.52 Å². The van der Waals surface area contributed by atoms with Gasteiger partial charge in [-0.1, -0.05) is 18.2 Å². The van der Waals surface area contributed by atoms with Crippen LogP contribution in [0.4, 0.5) is 5.69 Å². The summed E-state index contributed by atoms with van der Waals surface area (Å²) in [6, 6.07) is 14.6. The molecule has 5 nitrogen and oxygen atoms in total. The molecule has 1 heterocycles. The van der Waals surface area contributed by atoms with Crippen molar-refractivity contribution in [3.05, 3.63) is 48.5 Å². The fraction of sp³-hybridized carbons (Fsp3) is 0.188. The Morgan fingerprint density at radius 3 is 2.50 bits per heavy atom. The highest BCUT2D eigenvalue weighted by Crippen LogP contribution is 2.26. The number of fused-ring (bicyclic) bond motifs is 1. The molecule has 2 aromatic carbocycles. The lowest BCUT2D eigenvalue weighted by Gasteiger charge is -2.10. The first-order valence-corrected chi connectivity index (χ1v) is 8.48. The molecule has 6 heteroatoms. The van der Waals surface area contributed by atoms with Gasteiger partial charge < -0.3 is 4.42 Å². The van der Waals surface area contributed by atoms with Gasteiger partial charge in [-0.15, -0.1) is 0 Å². The largest absolute Gasteiger partial charge is 0.436 e. The third-order valence-electron chi connectivity index (χ3n) is 3.29. The van der Waals surface area contributed by atoms with Gasteiger partial charge >= 0.3 is 0 Å². The van der Waals surface area contributed by atoms with E-state index < -0.39 is 15.3 Å². The molecular weight excluding hydrogens is 300 g/mol. The maximum Gasteiger partial charge on any atom is 0.235 e. The van der Waals surface area contributed by atoms with E-state index in [1.54, 1.807) is 32.0 Å². The number of oxazole rings is 1. The molecule has 0 aliphatic heterocycles. The second-order valence-corrected chi connectivity index (χ2v) is 7.50. The topological polar surface area (TPSA) is 72.2 Å². The molecule has 0 atom stereocenters. The second kappa shape index (κ2) is 5.46. The lowest BCUT2D eigenvalue weighted by molar-refractivity contribution is 0.592. The minimum atomic E-state index is -3.37. The molecule has 0 aliphatic rings. The Kier molecular flexibility index (Phi) is 3.62. The molecule has 1 N–H and O–H groups in total. The van der Waals surface area contributed by atoms with Crippen LogP contribution < -0.4 is 4.72 Å². The molecule has 0 amide bonds. The maximum absolute atomic E-state index is 11.9. The molecule has 0 fully saturated rings. The Labute approximate surface area is 129 Å². The van der Waals surface area contributed by atoms with Crippen LogP contribution in [0.25, 0.3) is 22.6 Å². The van der Waals surface area contributed by atoms with E-state index >= 15 is 0 Å². The fourth-order valence-electron chi connectivity index (χ4n) is 1.98. The van der Waals surface area contributed by atoms with Crippen LogP contribution >= 0.6 is 0 Å². The maximum atomic E-state index is 11.9. The van der Waals surface area contributed by atoms with Crippen molar-refractivity contribution < 1.29 is 12.8 Å². The minimum absolute atomic E-state index is 0.481. The van der Waals surface area contributed by atoms with E-state index in [0.717, 1.165) is 5.56 Å². The Morgan fingerprint density at radius 2 is 1.82 bits per heavy atom. The van der Waals surface area contributed by atoms with E-state index in [9.17, 15) is 8.42 Å². The first-order valence-electron chi connectivity index (χ1n) is 6.93. The highest BCUT2D eigenvalue weighted by atomic mass is 32.2. The van der Waals surface area contributed by atoms with Gasteiger partial charge in [-0.3, -0.25) is 4.72 Å². The summed E-state index contributed by atoms with van der Waals surface area (Å²) in [7, 11) is -3.37. The van der Waals surface area contributed by atoms with Crippen LogP contribution in [0.5, 0.6) is 0 Å². The van der Waals surface area contributed by atoms with E-state index in [4.69, 9.17) is 4.42 Å². The number of hydrogen-bond donors (Lipinski definition) is 1. The molecule has 114 valence electrons. The number of rotatable bonds is 4. The number of benzene rings is 2. The van der Waals surface area contributed by atoms with Gasteiger partial charge in [-0.05, 0) is 44.2 Å². The Hall–Kier alpha value is -2.34. The highest BCUT2D eigenvalue weighted by molar-refractivity contribution is 7.93. The lowest BCUT2D eigenvalue weighted by Crippen LogP contribution is -2.22. The van der Waals surface area contributed by atoms with Gasteiger partial charge in [0.25, 0.3) is 0 Å². The Bertz CT molecular complexity index is 900. The summed E-state index contributed by atoms with van der Waals surface area (Å²) in [6.07, 6.45) is 0. The average molecular weight is 316 g/mol. The van der Waals surface area contributed by atoms with Crippen molar-refractivity contribution in [3.8, 4) is 11.5 Å². The van der Waals surface area contributed by atoms with Crippen molar-refractivity contribution in [2.24, 2.45) is 0 Å². The molecule has 3 rings (SSSR count). The van der Waals surface area contributed by atoms with E-state index in [0.29, 0.717) is 22.7 Å². The van der Waals surface area contributed by atoms with Crippen LogP contribution in [0.2, 0.25) is 0 Å². The number of anilines is 1. The first-order chi connectivity index (χ1) is 10.5. The third-order valence-corrected chi connectivity index (χ3v) is 5.05. The van der Waals surface area contributed by atoms with E-state index in [1.165, 1.54) is 0 Å². The molecule has 0 radical (unpaired) electrons. The first kappa shape index (κ1) is 14.6. The summed E-state index contributed by atoms with van der Waals surface area (Å²) in [5, 5.41) is -0.500. The van der Waals surface area contributed by atoms with Crippen molar-refractivity contribution in [1.82, 2.24) is 4.98 Å². The molecule has 3 aromatic rings. The lowest BCUT2D eigenvalue weighted by atomic mass is 10.2. The Morgan fingerprint density at radius 1 is 1.09 bits per heavy atom.